The van der Waals surface area contributed by atoms with Crippen LogP contribution in [-0.2, 0) is 12.0 Å². The molecule has 0 amide bonds. The number of fused-ring (bicyclic) bond motifs is 1. The van der Waals surface area contributed by atoms with Gasteiger partial charge in [-0.15, -0.1) is 0 Å². The number of hydrogen-bond acceptors (Lipinski definition) is 1. The lowest BCUT2D eigenvalue weighted by Crippen LogP contribution is -2.38. The minimum absolute atomic E-state index is 0.223. The van der Waals surface area contributed by atoms with E-state index in [9.17, 15) is 0 Å². The molecule has 1 saturated carbocycles. The Hall–Kier alpha value is -0.760. The highest BCUT2D eigenvalue weighted by Gasteiger charge is 2.38. The topological polar surface area (TPSA) is 30.9 Å². The summed E-state index contributed by atoms with van der Waals surface area (Å²) in [7, 11) is 0. The number of aromatic nitrogens is 1. The Kier molecular flexibility index (Phi) is 3.28. The molecule has 1 fully saturated rings. The molecule has 1 aromatic heterocycles. The fourth-order valence-corrected chi connectivity index (χ4v) is 4.74. The van der Waals surface area contributed by atoms with Crippen LogP contribution in [0.2, 0.25) is 0 Å². The first-order valence-corrected chi connectivity index (χ1v) is 8.30. The highest BCUT2D eigenvalue weighted by molar-refractivity contribution is 5.35. The van der Waals surface area contributed by atoms with Gasteiger partial charge in [0.05, 0.1) is 0 Å². The minimum atomic E-state index is 0.223. The lowest BCUT2D eigenvalue weighted by atomic mass is 9.74. The Balaban J connectivity index is 2.09. The van der Waals surface area contributed by atoms with Crippen molar-refractivity contribution in [3.05, 3.63) is 23.0 Å². The molecule has 0 radical (unpaired) electrons. The SMILES string of the molecule is Cc1cc2c(n1C1(C)CCCCC1)CC(C)(C)CC2N. The van der Waals surface area contributed by atoms with Crippen LogP contribution in [0.4, 0.5) is 0 Å². The second kappa shape index (κ2) is 4.62. The van der Waals surface area contributed by atoms with Crippen LogP contribution in [0.15, 0.2) is 6.07 Å². The Morgan fingerprint density at radius 1 is 1.15 bits per heavy atom. The second-order valence-electron chi connectivity index (χ2n) is 8.23. The van der Waals surface area contributed by atoms with Crippen LogP contribution in [-0.4, -0.2) is 4.57 Å². The molecular formula is C18H30N2. The third kappa shape index (κ3) is 2.22. The molecular weight excluding hydrogens is 244 g/mol. The zero-order valence-electron chi connectivity index (χ0n) is 13.6. The first kappa shape index (κ1) is 14.2. The van der Waals surface area contributed by atoms with Crippen molar-refractivity contribution in [2.24, 2.45) is 11.1 Å². The van der Waals surface area contributed by atoms with Crippen LogP contribution in [0.1, 0.15) is 82.3 Å². The standard InChI is InChI=1S/C18H30N2/c1-13-10-14-15(19)11-17(2,3)12-16(14)20(13)18(4)8-6-5-7-9-18/h10,15H,5-9,11-12,19H2,1-4H3. The second-order valence-corrected chi connectivity index (χ2v) is 8.23. The van der Waals surface area contributed by atoms with E-state index < -0.39 is 0 Å². The van der Waals surface area contributed by atoms with Gasteiger partial charge >= 0.3 is 0 Å². The average Bonchev–Trinajstić information content (AvgIpc) is 2.66. The summed E-state index contributed by atoms with van der Waals surface area (Å²) in [6.07, 6.45) is 9.09. The summed E-state index contributed by atoms with van der Waals surface area (Å²) in [5.41, 5.74) is 11.5. The molecule has 0 bridgehead atoms. The zero-order chi connectivity index (χ0) is 14.5. The van der Waals surface area contributed by atoms with Gasteiger partial charge in [0.1, 0.15) is 0 Å². The van der Waals surface area contributed by atoms with Crippen LogP contribution in [0.5, 0.6) is 0 Å². The summed E-state index contributed by atoms with van der Waals surface area (Å²) in [6.45, 7) is 9.47. The smallest absolute Gasteiger partial charge is 0.0417 e. The van der Waals surface area contributed by atoms with E-state index in [0.29, 0.717) is 11.0 Å². The van der Waals surface area contributed by atoms with Crippen molar-refractivity contribution in [2.45, 2.75) is 84.2 Å². The minimum Gasteiger partial charge on any atom is -0.343 e. The third-order valence-electron chi connectivity index (χ3n) is 5.61. The Bertz CT molecular complexity index is 504. The molecule has 112 valence electrons. The van der Waals surface area contributed by atoms with E-state index in [1.165, 1.54) is 55.5 Å². The molecule has 0 spiro atoms. The van der Waals surface area contributed by atoms with Gasteiger partial charge in [-0.1, -0.05) is 33.1 Å². The first-order chi connectivity index (χ1) is 9.32. The molecule has 2 N–H and O–H groups in total. The summed E-state index contributed by atoms with van der Waals surface area (Å²) in [4.78, 5) is 0. The van der Waals surface area contributed by atoms with Gasteiger partial charge in [0.2, 0.25) is 0 Å². The van der Waals surface area contributed by atoms with E-state index >= 15 is 0 Å². The maximum atomic E-state index is 6.46. The summed E-state index contributed by atoms with van der Waals surface area (Å²) >= 11 is 0. The predicted molar refractivity (Wildman–Crippen MR) is 84.9 cm³/mol. The number of nitrogens with zero attached hydrogens (tertiary/aromatic N) is 1. The van der Waals surface area contributed by atoms with Crippen molar-refractivity contribution >= 4 is 0 Å². The van der Waals surface area contributed by atoms with Crippen molar-refractivity contribution in [3.8, 4) is 0 Å². The lowest BCUT2D eigenvalue weighted by molar-refractivity contribution is 0.196. The van der Waals surface area contributed by atoms with Gasteiger partial charge in [0.15, 0.2) is 0 Å². The van der Waals surface area contributed by atoms with E-state index in [1.54, 1.807) is 0 Å². The molecule has 20 heavy (non-hydrogen) atoms. The van der Waals surface area contributed by atoms with Crippen molar-refractivity contribution in [1.29, 1.82) is 0 Å². The summed E-state index contributed by atoms with van der Waals surface area (Å²) in [6, 6.07) is 2.59. The Labute approximate surface area is 123 Å². The number of rotatable bonds is 1. The molecule has 2 aliphatic rings. The highest BCUT2D eigenvalue weighted by Crippen LogP contribution is 2.45. The molecule has 1 aromatic rings. The van der Waals surface area contributed by atoms with Gasteiger partial charge in [-0.2, -0.15) is 0 Å². The molecule has 0 aliphatic heterocycles. The van der Waals surface area contributed by atoms with Crippen LogP contribution in [0, 0.1) is 12.3 Å². The van der Waals surface area contributed by atoms with Crippen LogP contribution in [0.25, 0.3) is 0 Å². The maximum absolute atomic E-state index is 6.46. The molecule has 0 saturated heterocycles. The van der Waals surface area contributed by atoms with Crippen LogP contribution in [0.3, 0.4) is 0 Å². The molecule has 1 unspecified atom stereocenters. The molecule has 1 heterocycles. The monoisotopic (exact) mass is 274 g/mol. The maximum Gasteiger partial charge on any atom is 0.0417 e. The zero-order valence-corrected chi connectivity index (χ0v) is 13.6. The van der Waals surface area contributed by atoms with Crippen molar-refractivity contribution < 1.29 is 0 Å². The molecule has 0 aromatic carbocycles. The first-order valence-electron chi connectivity index (χ1n) is 8.30. The summed E-state index contributed by atoms with van der Waals surface area (Å²) < 4.78 is 2.67. The fraction of sp³-hybridized carbons (Fsp3) is 0.778. The van der Waals surface area contributed by atoms with Crippen molar-refractivity contribution in [2.75, 3.05) is 0 Å². The molecule has 2 heteroatoms. The van der Waals surface area contributed by atoms with E-state index in [4.69, 9.17) is 5.73 Å². The number of hydrogen-bond donors (Lipinski definition) is 1. The molecule has 3 rings (SSSR count). The third-order valence-corrected chi connectivity index (χ3v) is 5.61. The largest absolute Gasteiger partial charge is 0.343 e. The summed E-state index contributed by atoms with van der Waals surface area (Å²) in [5.74, 6) is 0. The quantitative estimate of drug-likeness (QED) is 0.806. The van der Waals surface area contributed by atoms with Gasteiger partial charge in [0.25, 0.3) is 0 Å². The van der Waals surface area contributed by atoms with Gasteiger partial charge < -0.3 is 10.3 Å². The van der Waals surface area contributed by atoms with E-state index in [1.807, 2.05) is 0 Å². The van der Waals surface area contributed by atoms with Gasteiger partial charge in [0, 0.05) is 23.0 Å². The van der Waals surface area contributed by atoms with E-state index in [2.05, 4.69) is 38.3 Å². The predicted octanol–water partition coefficient (Wildman–Crippen LogP) is 4.45. The number of aryl methyl sites for hydroxylation is 1. The molecule has 1 atom stereocenters. The van der Waals surface area contributed by atoms with Gasteiger partial charge in [-0.3, -0.25) is 0 Å². The van der Waals surface area contributed by atoms with E-state index in [0.717, 1.165) is 6.42 Å². The average molecular weight is 274 g/mol. The van der Waals surface area contributed by atoms with Crippen LogP contribution >= 0.6 is 0 Å². The Morgan fingerprint density at radius 2 is 1.80 bits per heavy atom. The van der Waals surface area contributed by atoms with Gasteiger partial charge in [-0.25, -0.2) is 0 Å². The molecule has 2 nitrogen and oxygen atoms in total. The summed E-state index contributed by atoms with van der Waals surface area (Å²) in [5, 5.41) is 0. The van der Waals surface area contributed by atoms with E-state index in [-0.39, 0.29) is 6.04 Å². The van der Waals surface area contributed by atoms with Crippen molar-refractivity contribution in [1.82, 2.24) is 4.57 Å². The Morgan fingerprint density at radius 3 is 2.45 bits per heavy atom. The fourth-order valence-electron chi connectivity index (χ4n) is 4.74. The number of nitrogens with two attached hydrogens (primary N) is 1. The van der Waals surface area contributed by atoms with Gasteiger partial charge in [-0.05, 0) is 56.6 Å². The molecule has 2 aliphatic carbocycles. The van der Waals surface area contributed by atoms with Crippen LogP contribution < -0.4 is 5.73 Å². The normalized spacial score (nSPS) is 28.1. The lowest BCUT2D eigenvalue weighted by Gasteiger charge is -2.41. The van der Waals surface area contributed by atoms with Crippen molar-refractivity contribution in [3.63, 3.8) is 0 Å². The highest BCUT2D eigenvalue weighted by atomic mass is 15.1.